The van der Waals surface area contributed by atoms with E-state index in [0.717, 1.165) is 23.6 Å². The van der Waals surface area contributed by atoms with Crippen LogP contribution in [0.2, 0.25) is 0 Å². The summed E-state index contributed by atoms with van der Waals surface area (Å²) < 4.78 is 4.81. The molecule has 2 heterocycles. The van der Waals surface area contributed by atoms with Crippen LogP contribution >= 0.6 is 0 Å². The zero-order valence-electron chi connectivity index (χ0n) is 7.95. The highest BCUT2D eigenvalue weighted by molar-refractivity contribution is 6.11. The lowest BCUT2D eigenvalue weighted by Crippen LogP contribution is -2.10. The molecule has 76 valence electrons. The van der Waals surface area contributed by atoms with Gasteiger partial charge in [-0.1, -0.05) is 24.3 Å². The van der Waals surface area contributed by atoms with Crippen LogP contribution in [-0.2, 0) is 6.42 Å². The smallest absolute Gasteiger partial charge is 0.184 e. The number of aromatic amines is 3. The Morgan fingerprint density at radius 3 is 3.27 bits per heavy atom. The summed E-state index contributed by atoms with van der Waals surface area (Å²) in [5.74, 6) is 0.729. The molecule has 3 rings (SSSR count). The van der Waals surface area contributed by atoms with Gasteiger partial charge in [-0.05, 0) is 11.6 Å². The molecule has 5 nitrogen and oxygen atoms in total. The van der Waals surface area contributed by atoms with E-state index < -0.39 is 0 Å². The summed E-state index contributed by atoms with van der Waals surface area (Å²) in [6.45, 7) is 0. The summed E-state index contributed by atoms with van der Waals surface area (Å²) in [4.78, 5) is 4.45. The number of aromatic nitrogens is 3. The third-order valence-corrected chi connectivity index (χ3v) is 2.39. The zero-order chi connectivity index (χ0) is 10.1. The van der Waals surface area contributed by atoms with Crippen LogP contribution < -0.4 is 0 Å². The van der Waals surface area contributed by atoms with E-state index in [0.29, 0.717) is 0 Å². The summed E-state index contributed by atoms with van der Waals surface area (Å²) in [5, 5.41) is 8.18. The Morgan fingerprint density at radius 2 is 2.27 bits per heavy atom. The molecule has 5 heteroatoms. The quantitative estimate of drug-likeness (QED) is 0.592. The van der Waals surface area contributed by atoms with Gasteiger partial charge in [-0.3, -0.25) is 9.73 Å². The molecule has 0 saturated heterocycles. The summed E-state index contributed by atoms with van der Waals surface area (Å²) >= 11 is 0. The molecule has 15 heavy (non-hydrogen) atoms. The Balaban J connectivity index is 2.17. The van der Waals surface area contributed by atoms with E-state index in [9.17, 15) is 0 Å². The van der Waals surface area contributed by atoms with Crippen molar-refractivity contribution in [2.24, 2.45) is 4.99 Å². The van der Waals surface area contributed by atoms with Gasteiger partial charge in [0.2, 0.25) is 0 Å². The number of hydrogen-bond donors (Lipinski definition) is 3. The number of nitrogens with one attached hydrogen (secondary N) is 3. The number of rotatable bonds is 0. The molecule has 0 fully saturated rings. The molecule has 3 N–H and O–H groups in total. The number of nitrogens with zero attached hydrogens (tertiary/aromatic N) is 1. The molecular weight excluding hydrogens is 192 g/mol. The normalized spacial score (nSPS) is 17.3. The molecule has 0 bridgehead atoms. The molecule has 0 radical (unpaired) electrons. The topological polar surface area (TPSA) is 72.9 Å². The van der Waals surface area contributed by atoms with Crippen LogP contribution in [0.5, 0.6) is 0 Å². The minimum atomic E-state index is 0.729. The Kier molecular flexibility index (Phi) is 1.74. The molecule has 1 aromatic heterocycles. The highest BCUT2D eigenvalue weighted by atomic mass is 16.6. The van der Waals surface area contributed by atoms with Gasteiger partial charge in [-0.15, -0.1) is 5.27 Å². The molecule has 1 aliphatic heterocycles. The molecule has 0 atom stereocenters. The van der Waals surface area contributed by atoms with Crippen LogP contribution in [-0.4, -0.2) is 21.2 Å². The van der Waals surface area contributed by atoms with Crippen molar-refractivity contribution in [3.05, 3.63) is 41.6 Å². The maximum atomic E-state index is 4.81. The molecule has 0 saturated carbocycles. The van der Waals surface area contributed by atoms with Gasteiger partial charge in [-0.2, -0.15) is 5.16 Å². The fourth-order valence-electron chi connectivity index (χ4n) is 1.64. The summed E-state index contributed by atoms with van der Waals surface area (Å²) in [5.41, 5.74) is 3.15. The van der Waals surface area contributed by atoms with Crippen molar-refractivity contribution in [3.63, 3.8) is 0 Å². The Morgan fingerprint density at radius 1 is 1.27 bits per heavy atom. The first-order chi connectivity index (χ1) is 7.43. The SMILES string of the molecule is C1=CC=C2Cc3[nH][nH]o[nH]c3N=C2C=C1. The fourth-order valence-corrected chi connectivity index (χ4v) is 1.64. The van der Waals surface area contributed by atoms with E-state index >= 15 is 0 Å². The van der Waals surface area contributed by atoms with Crippen LogP contribution in [0.15, 0.2) is 45.6 Å². The van der Waals surface area contributed by atoms with E-state index in [1.54, 1.807) is 0 Å². The maximum Gasteiger partial charge on any atom is 0.184 e. The van der Waals surface area contributed by atoms with Gasteiger partial charge in [0.05, 0.1) is 11.4 Å². The first-order valence-electron chi connectivity index (χ1n) is 4.72. The van der Waals surface area contributed by atoms with Crippen molar-refractivity contribution in [1.82, 2.24) is 15.5 Å². The largest absolute Gasteiger partial charge is 0.279 e. The van der Waals surface area contributed by atoms with E-state index in [-0.39, 0.29) is 0 Å². The third kappa shape index (κ3) is 1.38. The van der Waals surface area contributed by atoms with Crippen molar-refractivity contribution in [2.45, 2.75) is 6.42 Å². The van der Waals surface area contributed by atoms with Gasteiger partial charge in [-0.25, -0.2) is 4.99 Å². The average Bonchev–Trinajstić information content (AvgIpc) is 2.50. The van der Waals surface area contributed by atoms with Crippen molar-refractivity contribution >= 4 is 11.5 Å². The van der Waals surface area contributed by atoms with Gasteiger partial charge < -0.3 is 0 Å². The van der Waals surface area contributed by atoms with E-state index in [1.165, 1.54) is 5.57 Å². The van der Waals surface area contributed by atoms with Crippen LogP contribution in [0.25, 0.3) is 0 Å². The Hall–Kier alpha value is -2.17. The second-order valence-corrected chi connectivity index (χ2v) is 3.37. The van der Waals surface area contributed by atoms with Crippen LogP contribution in [0, 0.1) is 0 Å². The minimum absolute atomic E-state index is 0.729. The second kappa shape index (κ2) is 3.20. The van der Waals surface area contributed by atoms with Gasteiger partial charge in [0.1, 0.15) is 0 Å². The highest BCUT2D eigenvalue weighted by Gasteiger charge is 2.16. The lowest BCUT2D eigenvalue weighted by Gasteiger charge is -2.14. The van der Waals surface area contributed by atoms with Gasteiger partial charge in [0, 0.05) is 6.42 Å². The van der Waals surface area contributed by atoms with E-state index in [4.69, 9.17) is 4.63 Å². The van der Waals surface area contributed by atoms with E-state index in [2.05, 4.69) is 26.6 Å². The fraction of sp³-hybridized carbons (Fsp3) is 0.100. The van der Waals surface area contributed by atoms with Crippen molar-refractivity contribution in [3.8, 4) is 0 Å². The monoisotopic (exact) mass is 202 g/mol. The highest BCUT2D eigenvalue weighted by Crippen LogP contribution is 2.24. The molecule has 1 aromatic rings. The molecule has 2 aliphatic rings. The van der Waals surface area contributed by atoms with Crippen molar-refractivity contribution < 1.29 is 4.63 Å². The third-order valence-electron chi connectivity index (χ3n) is 2.39. The van der Waals surface area contributed by atoms with E-state index in [1.807, 2.05) is 24.3 Å². The number of aliphatic imine (C=N–C) groups is 1. The first-order valence-corrected chi connectivity index (χ1v) is 4.72. The molecule has 1 aliphatic carbocycles. The lowest BCUT2D eigenvalue weighted by atomic mass is 10.0. The van der Waals surface area contributed by atoms with Gasteiger partial charge in [0.15, 0.2) is 5.82 Å². The Bertz CT molecular complexity index is 528. The molecule has 0 amide bonds. The lowest BCUT2D eigenvalue weighted by molar-refractivity contribution is 0.251. The van der Waals surface area contributed by atoms with Gasteiger partial charge >= 0.3 is 0 Å². The molecule has 0 spiro atoms. The minimum Gasteiger partial charge on any atom is -0.279 e. The average molecular weight is 202 g/mol. The summed E-state index contributed by atoms with van der Waals surface area (Å²) in [6.07, 6.45) is 10.8. The van der Waals surface area contributed by atoms with Crippen LogP contribution in [0.3, 0.4) is 0 Å². The van der Waals surface area contributed by atoms with Gasteiger partial charge in [0.25, 0.3) is 0 Å². The molecule has 0 unspecified atom stereocenters. The summed E-state index contributed by atoms with van der Waals surface area (Å²) in [6, 6.07) is 0. The number of H-pyrrole nitrogens is 3. The van der Waals surface area contributed by atoms with Crippen molar-refractivity contribution in [2.75, 3.05) is 0 Å². The standard InChI is InChI=1S/C10H10N4O/c1-2-4-7-6-9-10(13-15-14-12-9)11-8(7)5-3-1/h1-5,12-14H,6H2. The molecular formula is C10H10N4O. The predicted molar refractivity (Wildman–Crippen MR) is 56.6 cm³/mol. The maximum absolute atomic E-state index is 4.81. The summed E-state index contributed by atoms with van der Waals surface area (Å²) in [7, 11) is 0. The first kappa shape index (κ1) is 8.16. The van der Waals surface area contributed by atoms with Crippen LogP contribution in [0.4, 0.5) is 5.82 Å². The number of allylic oxidation sites excluding steroid dienone is 6. The second-order valence-electron chi connectivity index (χ2n) is 3.37. The number of fused-ring (bicyclic) bond motifs is 2. The van der Waals surface area contributed by atoms with Crippen LogP contribution in [0.1, 0.15) is 5.69 Å². The Labute approximate surface area is 85.5 Å². The van der Waals surface area contributed by atoms with Crippen molar-refractivity contribution in [1.29, 1.82) is 0 Å². The molecule has 0 aromatic carbocycles. The number of hydrogen-bond acceptors (Lipinski definition) is 2. The predicted octanol–water partition coefficient (Wildman–Crippen LogP) is 2.07. The zero-order valence-corrected chi connectivity index (χ0v) is 7.95.